The minimum atomic E-state index is -0.478. The van der Waals surface area contributed by atoms with Gasteiger partial charge >= 0.3 is 5.69 Å². The van der Waals surface area contributed by atoms with Crippen molar-refractivity contribution in [1.82, 2.24) is 14.9 Å². The average molecular weight is 379 g/mol. The number of piperazine rings is 1. The predicted octanol–water partition coefficient (Wildman–Crippen LogP) is 1.90. The summed E-state index contributed by atoms with van der Waals surface area (Å²) in [5.41, 5.74) is 0.359. The lowest BCUT2D eigenvalue weighted by molar-refractivity contribution is -0.383. The van der Waals surface area contributed by atoms with Crippen LogP contribution in [0.4, 0.5) is 23.0 Å². The molecular weight excluding hydrogens is 360 g/mol. The highest BCUT2D eigenvalue weighted by molar-refractivity contribution is 6.33. The van der Waals surface area contributed by atoms with Gasteiger partial charge in [0.05, 0.1) is 22.2 Å². The van der Waals surface area contributed by atoms with E-state index >= 15 is 0 Å². The van der Waals surface area contributed by atoms with E-state index in [0.717, 1.165) is 0 Å². The molecule has 1 aromatic carbocycles. The molecule has 0 saturated carbocycles. The van der Waals surface area contributed by atoms with Crippen molar-refractivity contribution in [3.05, 3.63) is 45.7 Å². The molecule has 0 unspecified atom stereocenters. The van der Waals surface area contributed by atoms with Gasteiger partial charge in [0, 0.05) is 32.7 Å². The summed E-state index contributed by atoms with van der Waals surface area (Å²) in [6, 6.07) is 6.97. The van der Waals surface area contributed by atoms with Crippen molar-refractivity contribution in [2.75, 3.05) is 49.5 Å². The lowest BCUT2D eigenvalue weighted by Crippen LogP contribution is -2.47. The van der Waals surface area contributed by atoms with Gasteiger partial charge < -0.3 is 15.3 Å². The van der Waals surface area contributed by atoms with Gasteiger partial charge in [0.15, 0.2) is 0 Å². The lowest BCUT2D eigenvalue weighted by Gasteiger charge is -2.34. The molecule has 2 heterocycles. The van der Waals surface area contributed by atoms with Crippen molar-refractivity contribution in [3.8, 4) is 0 Å². The Kier molecular flexibility index (Phi) is 5.82. The highest BCUT2D eigenvalue weighted by Gasteiger charge is 2.29. The predicted molar refractivity (Wildman–Crippen MR) is 99.2 cm³/mol. The molecule has 0 radical (unpaired) electrons. The Balaban J connectivity index is 1.88. The first-order chi connectivity index (χ1) is 12.6. The fourth-order valence-corrected chi connectivity index (χ4v) is 3.06. The third-order valence-corrected chi connectivity index (χ3v) is 4.53. The molecule has 10 heteroatoms. The van der Waals surface area contributed by atoms with E-state index < -0.39 is 4.92 Å². The minimum Gasteiger partial charge on any atom is -0.395 e. The zero-order chi connectivity index (χ0) is 18.5. The number of anilines is 3. The molecule has 0 aliphatic carbocycles. The fourth-order valence-electron chi connectivity index (χ4n) is 2.88. The van der Waals surface area contributed by atoms with Crippen LogP contribution in [0.5, 0.6) is 0 Å². The number of nitrogens with zero attached hydrogens (tertiary/aromatic N) is 5. The maximum Gasteiger partial charge on any atom is 0.353 e. The normalized spacial score (nSPS) is 15.1. The molecule has 1 saturated heterocycles. The van der Waals surface area contributed by atoms with Gasteiger partial charge in [-0.25, -0.2) is 9.97 Å². The molecule has 1 aliphatic rings. The maximum absolute atomic E-state index is 11.7. The number of nitro groups is 1. The molecule has 1 aromatic heterocycles. The van der Waals surface area contributed by atoms with Gasteiger partial charge in [-0.05, 0) is 12.1 Å². The molecule has 26 heavy (non-hydrogen) atoms. The Bertz CT molecular complexity index is 782. The number of aliphatic hydroxyl groups excluding tert-OH is 1. The van der Waals surface area contributed by atoms with Gasteiger partial charge in [-0.2, -0.15) is 0 Å². The smallest absolute Gasteiger partial charge is 0.353 e. The average Bonchev–Trinajstić information content (AvgIpc) is 2.64. The molecule has 9 nitrogen and oxygen atoms in total. The first-order valence-electron chi connectivity index (χ1n) is 8.19. The fraction of sp³-hybridized carbons (Fsp3) is 0.375. The van der Waals surface area contributed by atoms with Crippen molar-refractivity contribution < 1.29 is 10.0 Å². The Morgan fingerprint density at radius 3 is 2.62 bits per heavy atom. The SMILES string of the molecule is O=[N+]([O-])c1c(Nc2ccccc2Cl)ncnc1N1CCN(CCO)CC1. The summed E-state index contributed by atoms with van der Waals surface area (Å²) in [5.74, 6) is 0.383. The van der Waals surface area contributed by atoms with Gasteiger partial charge in [-0.1, -0.05) is 23.7 Å². The minimum absolute atomic E-state index is 0.0968. The van der Waals surface area contributed by atoms with Crippen molar-refractivity contribution in [2.45, 2.75) is 0 Å². The number of hydrogen-bond acceptors (Lipinski definition) is 8. The molecule has 0 spiro atoms. The van der Waals surface area contributed by atoms with Crippen LogP contribution in [0.3, 0.4) is 0 Å². The number of benzene rings is 1. The van der Waals surface area contributed by atoms with E-state index in [1.165, 1.54) is 6.33 Å². The Morgan fingerprint density at radius 1 is 1.23 bits per heavy atom. The molecule has 1 aliphatic heterocycles. The first kappa shape index (κ1) is 18.3. The van der Waals surface area contributed by atoms with Gasteiger partial charge in [0.1, 0.15) is 6.33 Å². The zero-order valence-electron chi connectivity index (χ0n) is 14.0. The molecule has 2 aromatic rings. The molecule has 0 bridgehead atoms. The number of nitrogens with one attached hydrogen (secondary N) is 1. The van der Waals surface area contributed by atoms with Crippen molar-refractivity contribution in [3.63, 3.8) is 0 Å². The summed E-state index contributed by atoms with van der Waals surface area (Å²) in [6.07, 6.45) is 1.31. The van der Waals surface area contributed by atoms with E-state index in [1.54, 1.807) is 24.3 Å². The molecular formula is C16H19ClN6O3. The standard InChI is InChI=1S/C16H19ClN6O3/c17-12-3-1-2-4-13(12)20-15-14(23(25)26)16(19-11-18-15)22-7-5-21(6-8-22)9-10-24/h1-4,11,24H,5-10H2,(H,18,19,20). The summed E-state index contributed by atoms with van der Waals surface area (Å²) in [6.45, 7) is 3.27. The summed E-state index contributed by atoms with van der Waals surface area (Å²) in [4.78, 5) is 23.4. The van der Waals surface area contributed by atoms with E-state index in [0.29, 0.717) is 43.4 Å². The van der Waals surface area contributed by atoms with Crippen LogP contribution in [0.2, 0.25) is 5.02 Å². The van der Waals surface area contributed by atoms with Crippen LogP contribution in [0.15, 0.2) is 30.6 Å². The summed E-state index contributed by atoms with van der Waals surface area (Å²) >= 11 is 6.13. The van der Waals surface area contributed by atoms with Crippen LogP contribution in [0, 0.1) is 10.1 Å². The van der Waals surface area contributed by atoms with E-state index in [4.69, 9.17) is 16.7 Å². The van der Waals surface area contributed by atoms with Crippen LogP contribution in [-0.4, -0.2) is 64.2 Å². The van der Waals surface area contributed by atoms with Crippen LogP contribution in [0.25, 0.3) is 0 Å². The lowest BCUT2D eigenvalue weighted by atomic mass is 10.2. The van der Waals surface area contributed by atoms with Crippen molar-refractivity contribution in [2.24, 2.45) is 0 Å². The highest BCUT2D eigenvalue weighted by atomic mass is 35.5. The molecule has 0 amide bonds. The Hall–Kier alpha value is -2.49. The quantitative estimate of drug-likeness (QED) is 0.579. The second-order valence-corrected chi connectivity index (χ2v) is 6.22. The first-order valence-corrected chi connectivity index (χ1v) is 8.57. The number of β-amino-alcohol motifs (C(OH)–C–C–N with tert-alkyl or cyclic N) is 1. The number of hydrogen-bond donors (Lipinski definition) is 2. The van der Waals surface area contributed by atoms with Gasteiger partial charge in [0.2, 0.25) is 11.6 Å². The third kappa shape index (κ3) is 4.01. The Labute approximate surface area is 155 Å². The van der Waals surface area contributed by atoms with E-state index in [-0.39, 0.29) is 23.9 Å². The molecule has 2 N–H and O–H groups in total. The van der Waals surface area contributed by atoms with E-state index in [9.17, 15) is 10.1 Å². The number of aliphatic hydroxyl groups is 1. The second-order valence-electron chi connectivity index (χ2n) is 5.81. The number of halogens is 1. The monoisotopic (exact) mass is 378 g/mol. The summed E-state index contributed by atoms with van der Waals surface area (Å²) in [5, 5.41) is 24.1. The maximum atomic E-state index is 11.7. The highest BCUT2D eigenvalue weighted by Crippen LogP contribution is 2.35. The van der Waals surface area contributed by atoms with Crippen LogP contribution >= 0.6 is 11.6 Å². The second kappa shape index (κ2) is 8.26. The van der Waals surface area contributed by atoms with E-state index in [2.05, 4.69) is 20.2 Å². The molecule has 1 fully saturated rings. The van der Waals surface area contributed by atoms with E-state index in [1.807, 2.05) is 4.90 Å². The number of aromatic nitrogens is 2. The van der Waals surface area contributed by atoms with Gasteiger partial charge in [-0.3, -0.25) is 15.0 Å². The third-order valence-electron chi connectivity index (χ3n) is 4.20. The zero-order valence-corrected chi connectivity index (χ0v) is 14.8. The van der Waals surface area contributed by atoms with Gasteiger partial charge in [-0.15, -0.1) is 0 Å². The largest absolute Gasteiger partial charge is 0.395 e. The topological polar surface area (TPSA) is 108 Å². The molecule has 0 atom stereocenters. The summed E-state index contributed by atoms with van der Waals surface area (Å²) < 4.78 is 0. The summed E-state index contributed by atoms with van der Waals surface area (Å²) in [7, 11) is 0. The number of para-hydroxylation sites is 1. The van der Waals surface area contributed by atoms with Crippen molar-refractivity contribution >= 4 is 34.6 Å². The van der Waals surface area contributed by atoms with Crippen LogP contribution in [-0.2, 0) is 0 Å². The van der Waals surface area contributed by atoms with Crippen molar-refractivity contribution in [1.29, 1.82) is 0 Å². The van der Waals surface area contributed by atoms with Crippen LogP contribution < -0.4 is 10.2 Å². The van der Waals surface area contributed by atoms with Crippen LogP contribution in [0.1, 0.15) is 0 Å². The van der Waals surface area contributed by atoms with Gasteiger partial charge in [0.25, 0.3) is 0 Å². The Morgan fingerprint density at radius 2 is 1.96 bits per heavy atom. The number of rotatable bonds is 6. The molecule has 3 rings (SSSR count). The molecule has 138 valence electrons.